The number of ether oxygens (including phenoxy) is 1. The zero-order chi connectivity index (χ0) is 13.3. The van der Waals surface area contributed by atoms with Gasteiger partial charge < -0.3 is 9.15 Å². The van der Waals surface area contributed by atoms with E-state index < -0.39 is 11.7 Å². The Morgan fingerprint density at radius 3 is 2.78 bits per heavy atom. The highest BCUT2D eigenvalue weighted by molar-refractivity contribution is 5.67. The lowest BCUT2D eigenvalue weighted by molar-refractivity contribution is -0.125. The molecule has 100 valence electrons. The number of hydrogen-bond donors (Lipinski definition) is 0. The predicted molar refractivity (Wildman–Crippen MR) is 64.8 cm³/mol. The minimum Gasteiger partial charge on any atom is -0.469 e. The Balaban J connectivity index is 2.10. The van der Waals surface area contributed by atoms with E-state index >= 15 is 0 Å². The molecule has 2 rings (SSSR count). The molecule has 1 aliphatic heterocycles. The number of hydrogen-bond acceptors (Lipinski definition) is 4. The van der Waals surface area contributed by atoms with E-state index in [2.05, 4.69) is 0 Å². The van der Waals surface area contributed by atoms with E-state index in [1.165, 1.54) is 5.06 Å². The van der Waals surface area contributed by atoms with Crippen molar-refractivity contribution in [2.24, 2.45) is 0 Å². The normalized spacial score (nSPS) is 20.2. The van der Waals surface area contributed by atoms with Gasteiger partial charge in [-0.3, -0.25) is 4.84 Å². The maximum atomic E-state index is 12.0. The molecule has 0 unspecified atom stereocenters. The molecule has 18 heavy (non-hydrogen) atoms. The van der Waals surface area contributed by atoms with Crippen LogP contribution in [0.4, 0.5) is 4.79 Å². The summed E-state index contributed by atoms with van der Waals surface area (Å²) < 4.78 is 10.6. The van der Waals surface area contributed by atoms with E-state index in [-0.39, 0.29) is 6.04 Å². The molecule has 1 aromatic rings. The largest absolute Gasteiger partial charge is 0.469 e. The van der Waals surface area contributed by atoms with Gasteiger partial charge in [-0.05, 0) is 33.8 Å². The lowest BCUT2D eigenvalue weighted by atomic mass is 10.1. The quantitative estimate of drug-likeness (QED) is 0.771. The third kappa shape index (κ3) is 2.85. The van der Waals surface area contributed by atoms with Crippen LogP contribution in [-0.2, 0) is 9.57 Å². The predicted octanol–water partition coefficient (Wildman–Crippen LogP) is 3.20. The number of carbonyl (C=O) groups is 1. The van der Waals surface area contributed by atoms with E-state index in [9.17, 15) is 4.79 Å². The first-order chi connectivity index (χ1) is 8.37. The molecule has 0 radical (unpaired) electrons. The van der Waals surface area contributed by atoms with Gasteiger partial charge in [-0.15, -0.1) is 0 Å². The minimum absolute atomic E-state index is 0.128. The standard InChI is InChI=1S/C13H19NO4/c1-9-7-10(8-16-9)11-5-6-17-14(11)12(15)18-13(2,3)4/h7-8,11H,5-6H2,1-4H3/t11-/m0/s1. The minimum atomic E-state index is -0.528. The molecule has 5 heteroatoms. The summed E-state index contributed by atoms with van der Waals surface area (Å²) in [5, 5.41) is 1.30. The van der Waals surface area contributed by atoms with Gasteiger partial charge in [0.25, 0.3) is 0 Å². The fraction of sp³-hybridized carbons (Fsp3) is 0.615. The number of carbonyl (C=O) groups excluding carboxylic acids is 1. The molecular formula is C13H19NO4. The van der Waals surface area contributed by atoms with Crippen molar-refractivity contribution in [1.29, 1.82) is 0 Å². The van der Waals surface area contributed by atoms with Crippen LogP contribution in [0.15, 0.2) is 16.7 Å². The molecule has 1 fully saturated rings. The number of amides is 1. The Bertz CT molecular complexity index is 432. The number of aryl methyl sites for hydroxylation is 1. The summed E-state index contributed by atoms with van der Waals surface area (Å²) >= 11 is 0. The summed E-state index contributed by atoms with van der Waals surface area (Å²) in [5.74, 6) is 0.820. The first-order valence-corrected chi connectivity index (χ1v) is 6.07. The molecule has 2 heterocycles. The zero-order valence-electron chi connectivity index (χ0n) is 11.2. The Morgan fingerprint density at radius 1 is 1.50 bits per heavy atom. The molecule has 0 N–H and O–H groups in total. The Morgan fingerprint density at radius 2 is 2.22 bits per heavy atom. The van der Waals surface area contributed by atoms with Crippen molar-refractivity contribution in [3.63, 3.8) is 0 Å². The first kappa shape index (κ1) is 13.0. The Kier molecular flexibility index (Phi) is 3.34. The second kappa shape index (κ2) is 4.65. The molecule has 0 spiro atoms. The average Bonchev–Trinajstić information content (AvgIpc) is 2.81. The summed E-state index contributed by atoms with van der Waals surface area (Å²) in [4.78, 5) is 17.4. The Labute approximate surface area is 107 Å². The van der Waals surface area contributed by atoms with E-state index in [4.69, 9.17) is 14.0 Å². The van der Waals surface area contributed by atoms with Crippen LogP contribution in [0.1, 0.15) is 44.6 Å². The summed E-state index contributed by atoms with van der Waals surface area (Å²) in [6, 6.07) is 1.79. The van der Waals surface area contributed by atoms with Crippen LogP contribution >= 0.6 is 0 Å². The first-order valence-electron chi connectivity index (χ1n) is 6.07. The highest BCUT2D eigenvalue weighted by atomic mass is 16.7. The number of furan rings is 1. The molecule has 1 amide bonds. The highest BCUT2D eigenvalue weighted by Crippen LogP contribution is 2.32. The van der Waals surface area contributed by atoms with Gasteiger partial charge >= 0.3 is 6.09 Å². The summed E-state index contributed by atoms with van der Waals surface area (Å²) in [6.45, 7) is 7.87. The van der Waals surface area contributed by atoms with Crippen molar-refractivity contribution in [3.05, 3.63) is 23.7 Å². The van der Waals surface area contributed by atoms with E-state index in [1.807, 2.05) is 33.8 Å². The number of nitrogens with zero attached hydrogens (tertiary/aromatic N) is 1. The monoisotopic (exact) mass is 253 g/mol. The van der Waals surface area contributed by atoms with Gasteiger partial charge in [0.2, 0.25) is 0 Å². The zero-order valence-corrected chi connectivity index (χ0v) is 11.2. The summed E-state index contributed by atoms with van der Waals surface area (Å²) in [5.41, 5.74) is 0.413. The molecule has 1 atom stereocenters. The second-order valence-electron chi connectivity index (χ2n) is 5.43. The summed E-state index contributed by atoms with van der Waals surface area (Å²) in [7, 11) is 0. The lowest BCUT2D eigenvalue weighted by Crippen LogP contribution is -2.35. The fourth-order valence-electron chi connectivity index (χ4n) is 1.90. The van der Waals surface area contributed by atoms with Crippen molar-refractivity contribution in [1.82, 2.24) is 5.06 Å². The van der Waals surface area contributed by atoms with Gasteiger partial charge in [0.05, 0.1) is 18.9 Å². The van der Waals surface area contributed by atoms with Crippen molar-refractivity contribution >= 4 is 6.09 Å². The van der Waals surface area contributed by atoms with Crippen LogP contribution in [0, 0.1) is 6.92 Å². The van der Waals surface area contributed by atoms with Crippen LogP contribution in [-0.4, -0.2) is 23.4 Å². The van der Waals surface area contributed by atoms with Crippen LogP contribution in [0.5, 0.6) is 0 Å². The second-order valence-corrected chi connectivity index (χ2v) is 5.43. The average molecular weight is 253 g/mol. The molecule has 0 bridgehead atoms. The van der Waals surface area contributed by atoms with Crippen molar-refractivity contribution < 1.29 is 18.8 Å². The molecule has 1 aliphatic rings. The van der Waals surface area contributed by atoms with Crippen molar-refractivity contribution in [3.8, 4) is 0 Å². The van der Waals surface area contributed by atoms with Crippen LogP contribution in [0.3, 0.4) is 0 Å². The topological polar surface area (TPSA) is 51.9 Å². The number of rotatable bonds is 1. The van der Waals surface area contributed by atoms with Gasteiger partial charge in [-0.1, -0.05) is 0 Å². The Hall–Kier alpha value is -1.49. The molecule has 5 nitrogen and oxygen atoms in total. The third-order valence-corrected chi connectivity index (χ3v) is 2.61. The molecule has 1 aromatic heterocycles. The van der Waals surface area contributed by atoms with Gasteiger partial charge in [0.1, 0.15) is 11.4 Å². The number of hydroxylamine groups is 2. The third-order valence-electron chi connectivity index (χ3n) is 2.61. The smallest absolute Gasteiger partial charge is 0.435 e. The van der Waals surface area contributed by atoms with Crippen LogP contribution in [0.2, 0.25) is 0 Å². The maximum absolute atomic E-state index is 12.0. The van der Waals surface area contributed by atoms with Gasteiger partial charge in [-0.25, -0.2) is 4.79 Å². The fourth-order valence-corrected chi connectivity index (χ4v) is 1.90. The molecule has 0 saturated carbocycles. The molecular weight excluding hydrogens is 234 g/mol. The summed E-state index contributed by atoms with van der Waals surface area (Å²) in [6.07, 6.45) is 1.95. The van der Waals surface area contributed by atoms with Gasteiger partial charge in [0, 0.05) is 12.0 Å². The van der Waals surface area contributed by atoms with E-state index in [1.54, 1.807) is 6.26 Å². The highest BCUT2D eigenvalue weighted by Gasteiger charge is 2.35. The maximum Gasteiger partial charge on any atom is 0.435 e. The van der Waals surface area contributed by atoms with Gasteiger partial charge in [0.15, 0.2) is 0 Å². The van der Waals surface area contributed by atoms with E-state index in [0.29, 0.717) is 6.61 Å². The van der Waals surface area contributed by atoms with Crippen LogP contribution < -0.4 is 0 Å². The van der Waals surface area contributed by atoms with Gasteiger partial charge in [-0.2, -0.15) is 5.06 Å². The van der Waals surface area contributed by atoms with E-state index in [0.717, 1.165) is 17.7 Å². The SMILES string of the molecule is Cc1cc([C@@H]2CCON2C(=O)OC(C)(C)C)co1. The van der Waals surface area contributed by atoms with Crippen molar-refractivity contribution in [2.75, 3.05) is 6.61 Å². The lowest BCUT2D eigenvalue weighted by Gasteiger charge is -2.26. The van der Waals surface area contributed by atoms with Crippen LogP contribution in [0.25, 0.3) is 0 Å². The van der Waals surface area contributed by atoms with Crippen molar-refractivity contribution in [2.45, 2.75) is 45.8 Å². The molecule has 1 saturated heterocycles. The molecule has 0 aromatic carbocycles. The molecule has 0 aliphatic carbocycles.